The number of nitrogens with one attached hydrogen (secondary N) is 1. The number of hydrogen-bond acceptors (Lipinski definition) is 4. The molecule has 4 aromatic rings. The standard InChI is InChI=1S/C34H33N3O2S/c1-2-21-37-32(39)29-31(27-18-10-9-17-26(27)22-34(29)19-11-12-20-34)36-33(37)40-23-28(38)35-30(24-13-5-3-6-14-24)25-15-7-4-8-16-25/h2-10,13-18,30H,1,11-12,19-23H2,(H,35,38). The third kappa shape index (κ3) is 4.92. The molecule has 202 valence electrons. The van der Waals surface area contributed by atoms with Crippen molar-refractivity contribution >= 4 is 17.7 Å². The summed E-state index contributed by atoms with van der Waals surface area (Å²) in [6.45, 7) is 4.26. The quantitative estimate of drug-likeness (QED) is 0.156. The zero-order valence-electron chi connectivity index (χ0n) is 22.5. The topological polar surface area (TPSA) is 64.0 Å². The Labute approximate surface area is 239 Å². The van der Waals surface area contributed by atoms with Gasteiger partial charge < -0.3 is 5.32 Å². The van der Waals surface area contributed by atoms with Crippen molar-refractivity contribution in [2.24, 2.45) is 0 Å². The van der Waals surface area contributed by atoms with E-state index in [1.165, 1.54) is 17.3 Å². The predicted molar refractivity (Wildman–Crippen MR) is 162 cm³/mol. The second kappa shape index (κ2) is 11.3. The Morgan fingerprint density at radius 3 is 2.25 bits per heavy atom. The second-order valence-electron chi connectivity index (χ2n) is 10.8. The number of aromatic nitrogens is 2. The van der Waals surface area contributed by atoms with Crippen molar-refractivity contribution in [2.75, 3.05) is 5.75 Å². The maximum atomic E-state index is 14.1. The van der Waals surface area contributed by atoms with Crippen LogP contribution in [0.1, 0.15) is 54.0 Å². The van der Waals surface area contributed by atoms with Crippen molar-refractivity contribution in [3.63, 3.8) is 0 Å². The summed E-state index contributed by atoms with van der Waals surface area (Å²) in [4.78, 5) is 32.6. The van der Waals surface area contributed by atoms with Crippen LogP contribution in [0.2, 0.25) is 0 Å². The van der Waals surface area contributed by atoms with E-state index in [2.05, 4.69) is 30.1 Å². The molecule has 2 aliphatic carbocycles. The monoisotopic (exact) mass is 547 g/mol. The van der Waals surface area contributed by atoms with Crippen LogP contribution in [0.15, 0.2) is 108 Å². The van der Waals surface area contributed by atoms with Crippen molar-refractivity contribution < 1.29 is 4.79 Å². The number of rotatable bonds is 8. The summed E-state index contributed by atoms with van der Waals surface area (Å²) in [5, 5.41) is 3.76. The van der Waals surface area contributed by atoms with Crippen LogP contribution < -0.4 is 10.9 Å². The van der Waals surface area contributed by atoms with Gasteiger partial charge in [0, 0.05) is 17.5 Å². The Kier molecular flexibility index (Phi) is 7.44. The van der Waals surface area contributed by atoms with E-state index < -0.39 is 0 Å². The van der Waals surface area contributed by atoms with Crippen LogP contribution >= 0.6 is 11.8 Å². The Bertz CT molecular complexity index is 1550. The number of benzene rings is 3. The summed E-state index contributed by atoms with van der Waals surface area (Å²) in [5.74, 6) is 0.0261. The van der Waals surface area contributed by atoms with Gasteiger partial charge >= 0.3 is 0 Å². The summed E-state index contributed by atoms with van der Waals surface area (Å²) in [7, 11) is 0. The highest BCUT2D eigenvalue weighted by atomic mass is 32.2. The Hall–Kier alpha value is -3.90. The summed E-state index contributed by atoms with van der Waals surface area (Å²) in [6, 6.07) is 28.0. The zero-order chi connectivity index (χ0) is 27.5. The molecule has 0 bridgehead atoms. The van der Waals surface area contributed by atoms with Gasteiger partial charge in [-0.25, -0.2) is 4.98 Å². The average Bonchev–Trinajstić information content (AvgIpc) is 3.45. The van der Waals surface area contributed by atoms with Gasteiger partial charge in [0.2, 0.25) is 5.91 Å². The van der Waals surface area contributed by atoms with E-state index in [1.807, 2.05) is 66.7 Å². The molecule has 5 nitrogen and oxygen atoms in total. The molecule has 0 unspecified atom stereocenters. The number of carbonyl (C=O) groups is 1. The molecule has 1 amide bonds. The van der Waals surface area contributed by atoms with Gasteiger partial charge in [-0.2, -0.15) is 0 Å². The molecule has 1 fully saturated rings. The van der Waals surface area contributed by atoms with E-state index in [1.54, 1.807) is 10.6 Å². The van der Waals surface area contributed by atoms with Crippen LogP contribution in [0.25, 0.3) is 11.3 Å². The summed E-state index contributed by atoms with van der Waals surface area (Å²) in [5.41, 5.74) is 5.83. The molecule has 1 spiro atoms. The number of allylic oxidation sites excluding steroid dienone is 1. The minimum Gasteiger partial charge on any atom is -0.344 e. The molecule has 3 aromatic carbocycles. The first kappa shape index (κ1) is 26.3. The highest BCUT2D eigenvalue weighted by Gasteiger charge is 2.44. The lowest BCUT2D eigenvalue weighted by Gasteiger charge is -2.36. The molecule has 6 rings (SSSR count). The van der Waals surface area contributed by atoms with Crippen LogP contribution in [0.3, 0.4) is 0 Å². The third-order valence-electron chi connectivity index (χ3n) is 8.24. The molecule has 2 aliphatic rings. The highest BCUT2D eigenvalue weighted by molar-refractivity contribution is 7.99. The smallest absolute Gasteiger partial charge is 0.258 e. The largest absolute Gasteiger partial charge is 0.344 e. The summed E-state index contributed by atoms with van der Waals surface area (Å²) >= 11 is 1.31. The normalized spacial score (nSPS) is 15.0. The lowest BCUT2D eigenvalue weighted by Crippen LogP contribution is -2.40. The minimum absolute atomic E-state index is 0.00987. The second-order valence-corrected chi connectivity index (χ2v) is 11.7. The summed E-state index contributed by atoms with van der Waals surface area (Å²) < 4.78 is 1.71. The van der Waals surface area contributed by atoms with Gasteiger partial charge in [-0.15, -0.1) is 6.58 Å². The van der Waals surface area contributed by atoms with E-state index in [4.69, 9.17) is 4.98 Å². The fraction of sp³-hybridized carbons (Fsp3) is 0.265. The van der Waals surface area contributed by atoms with Gasteiger partial charge in [0.1, 0.15) is 0 Å². The molecule has 1 heterocycles. The molecule has 6 heteroatoms. The fourth-order valence-electron chi connectivity index (χ4n) is 6.43. The fourth-order valence-corrected chi connectivity index (χ4v) is 7.24. The van der Waals surface area contributed by atoms with Gasteiger partial charge in [-0.3, -0.25) is 14.2 Å². The molecule has 0 atom stereocenters. The molecule has 0 radical (unpaired) electrons. The zero-order valence-corrected chi connectivity index (χ0v) is 23.3. The highest BCUT2D eigenvalue weighted by Crippen LogP contribution is 2.50. The van der Waals surface area contributed by atoms with E-state index in [0.29, 0.717) is 11.7 Å². The molecule has 40 heavy (non-hydrogen) atoms. The van der Waals surface area contributed by atoms with Crippen LogP contribution in [-0.4, -0.2) is 21.2 Å². The number of fused-ring (bicyclic) bond motifs is 4. The average molecular weight is 548 g/mol. The van der Waals surface area contributed by atoms with Gasteiger partial charge in [0.15, 0.2) is 5.16 Å². The lowest BCUT2D eigenvalue weighted by molar-refractivity contribution is -0.119. The molecule has 0 aliphatic heterocycles. The number of carbonyl (C=O) groups excluding carboxylic acids is 1. The molecule has 1 aromatic heterocycles. The number of thioether (sulfide) groups is 1. The molecular weight excluding hydrogens is 514 g/mol. The number of nitrogens with zero attached hydrogens (tertiary/aromatic N) is 2. The van der Waals surface area contributed by atoms with Gasteiger partial charge in [0.05, 0.1) is 23.1 Å². The van der Waals surface area contributed by atoms with Gasteiger partial charge in [0.25, 0.3) is 5.56 Å². The van der Waals surface area contributed by atoms with E-state index >= 15 is 0 Å². The first-order valence-electron chi connectivity index (χ1n) is 14.0. The summed E-state index contributed by atoms with van der Waals surface area (Å²) in [6.07, 6.45) is 6.89. The molecule has 1 saturated carbocycles. The predicted octanol–water partition coefficient (Wildman–Crippen LogP) is 6.46. The lowest BCUT2D eigenvalue weighted by atomic mass is 9.68. The van der Waals surface area contributed by atoms with Crippen molar-refractivity contribution in [3.8, 4) is 11.3 Å². The van der Waals surface area contributed by atoms with Crippen LogP contribution in [0.4, 0.5) is 0 Å². The first-order valence-corrected chi connectivity index (χ1v) is 14.9. The van der Waals surface area contributed by atoms with Crippen LogP contribution in [-0.2, 0) is 23.2 Å². The van der Waals surface area contributed by atoms with E-state index in [9.17, 15) is 9.59 Å². The maximum absolute atomic E-state index is 14.1. The molecular formula is C34H33N3O2S. The SMILES string of the molecule is C=CCn1c(SCC(=O)NC(c2ccccc2)c2ccccc2)nc2c(c1=O)C1(CCCC1)Cc1ccccc1-2. The Balaban J connectivity index is 1.33. The maximum Gasteiger partial charge on any atom is 0.258 e. The van der Waals surface area contributed by atoms with Crippen molar-refractivity contribution in [1.82, 2.24) is 14.9 Å². The first-order chi connectivity index (χ1) is 19.6. The van der Waals surface area contributed by atoms with Crippen LogP contribution in [0, 0.1) is 0 Å². The Morgan fingerprint density at radius 2 is 1.60 bits per heavy atom. The van der Waals surface area contributed by atoms with Gasteiger partial charge in [-0.05, 0) is 36.0 Å². The van der Waals surface area contributed by atoms with Crippen LogP contribution in [0.5, 0.6) is 0 Å². The molecule has 0 saturated heterocycles. The van der Waals surface area contributed by atoms with Crippen molar-refractivity contribution in [3.05, 3.63) is 130 Å². The van der Waals surface area contributed by atoms with E-state index in [-0.39, 0.29) is 28.7 Å². The minimum atomic E-state index is -0.267. The van der Waals surface area contributed by atoms with E-state index in [0.717, 1.165) is 60.1 Å². The van der Waals surface area contributed by atoms with Crippen molar-refractivity contribution in [2.45, 2.75) is 55.3 Å². The Morgan fingerprint density at radius 1 is 0.975 bits per heavy atom. The van der Waals surface area contributed by atoms with Gasteiger partial charge in [-0.1, -0.05) is 116 Å². The number of amides is 1. The van der Waals surface area contributed by atoms with Crippen molar-refractivity contribution in [1.29, 1.82) is 0 Å². The number of hydrogen-bond donors (Lipinski definition) is 1. The molecule has 1 N–H and O–H groups in total. The third-order valence-corrected chi connectivity index (χ3v) is 9.22.